The highest BCUT2D eigenvalue weighted by molar-refractivity contribution is 5.68. The third-order valence-electron chi connectivity index (χ3n) is 2.76. The molecule has 0 unspecified atom stereocenters. The van der Waals surface area contributed by atoms with Gasteiger partial charge in [0.05, 0.1) is 7.11 Å². The number of allylic oxidation sites excluding steroid dienone is 1. The molecule has 2 aromatic rings. The van der Waals surface area contributed by atoms with Gasteiger partial charge < -0.3 is 4.74 Å². The van der Waals surface area contributed by atoms with Crippen LogP contribution in [-0.2, 0) is 6.42 Å². The van der Waals surface area contributed by atoms with Gasteiger partial charge in [0.15, 0.2) is 0 Å². The van der Waals surface area contributed by atoms with Gasteiger partial charge in [-0.1, -0.05) is 42.5 Å². The maximum absolute atomic E-state index is 5.26. The van der Waals surface area contributed by atoms with E-state index in [1.54, 1.807) is 7.11 Å². The Morgan fingerprint density at radius 1 is 1.12 bits per heavy atom. The van der Waals surface area contributed by atoms with Crippen molar-refractivity contribution in [3.8, 4) is 16.9 Å². The average molecular weight is 224 g/mol. The van der Waals surface area contributed by atoms with Gasteiger partial charge in [0.25, 0.3) is 0 Å². The third-order valence-corrected chi connectivity index (χ3v) is 2.76. The van der Waals surface area contributed by atoms with E-state index < -0.39 is 0 Å². The second-order valence-corrected chi connectivity index (χ2v) is 3.88. The molecule has 0 fully saturated rings. The summed E-state index contributed by atoms with van der Waals surface area (Å²) in [4.78, 5) is 0. The second kappa shape index (κ2) is 5.35. The van der Waals surface area contributed by atoms with Crippen LogP contribution in [0.15, 0.2) is 61.2 Å². The van der Waals surface area contributed by atoms with Crippen LogP contribution in [-0.4, -0.2) is 7.11 Å². The summed E-state index contributed by atoms with van der Waals surface area (Å²) < 4.78 is 5.26. The molecule has 0 aliphatic rings. The van der Waals surface area contributed by atoms with E-state index in [2.05, 4.69) is 43.0 Å². The number of methoxy groups -OCH3 is 1. The first kappa shape index (κ1) is 11.5. The lowest BCUT2D eigenvalue weighted by atomic mass is 9.97. The number of hydrogen-bond acceptors (Lipinski definition) is 1. The molecule has 0 spiro atoms. The van der Waals surface area contributed by atoms with Gasteiger partial charge in [-0.2, -0.15) is 0 Å². The molecule has 17 heavy (non-hydrogen) atoms. The quantitative estimate of drug-likeness (QED) is 0.711. The maximum Gasteiger partial charge on any atom is 0.119 e. The molecular weight excluding hydrogens is 208 g/mol. The van der Waals surface area contributed by atoms with Crippen LogP contribution in [0.2, 0.25) is 0 Å². The molecule has 0 aliphatic carbocycles. The van der Waals surface area contributed by atoms with Gasteiger partial charge in [-0.05, 0) is 35.2 Å². The summed E-state index contributed by atoms with van der Waals surface area (Å²) in [7, 11) is 1.69. The molecule has 0 saturated carbocycles. The molecule has 0 aromatic heterocycles. The number of ether oxygens (including phenoxy) is 1. The van der Waals surface area contributed by atoms with Crippen LogP contribution >= 0.6 is 0 Å². The van der Waals surface area contributed by atoms with Crippen molar-refractivity contribution in [2.24, 2.45) is 0 Å². The topological polar surface area (TPSA) is 9.23 Å². The van der Waals surface area contributed by atoms with E-state index in [0.29, 0.717) is 0 Å². The first-order valence-electron chi connectivity index (χ1n) is 5.68. The molecule has 86 valence electrons. The van der Waals surface area contributed by atoms with Crippen molar-refractivity contribution in [3.63, 3.8) is 0 Å². The van der Waals surface area contributed by atoms with Gasteiger partial charge in [-0.3, -0.25) is 0 Å². The monoisotopic (exact) mass is 224 g/mol. The van der Waals surface area contributed by atoms with Crippen LogP contribution < -0.4 is 4.74 Å². The molecule has 0 saturated heterocycles. The van der Waals surface area contributed by atoms with E-state index in [4.69, 9.17) is 4.74 Å². The average Bonchev–Trinajstić information content (AvgIpc) is 2.40. The number of rotatable bonds is 4. The Labute approximate surface area is 102 Å². The molecule has 1 heteroatoms. The van der Waals surface area contributed by atoms with Crippen molar-refractivity contribution >= 4 is 0 Å². The highest BCUT2D eigenvalue weighted by Gasteiger charge is 2.05. The van der Waals surface area contributed by atoms with E-state index in [-0.39, 0.29) is 0 Å². The predicted octanol–water partition coefficient (Wildman–Crippen LogP) is 4.09. The zero-order valence-electron chi connectivity index (χ0n) is 10.0. The van der Waals surface area contributed by atoms with Crippen molar-refractivity contribution < 1.29 is 4.74 Å². The fourth-order valence-electron chi connectivity index (χ4n) is 1.92. The second-order valence-electron chi connectivity index (χ2n) is 3.88. The van der Waals surface area contributed by atoms with E-state index in [1.165, 1.54) is 16.7 Å². The lowest BCUT2D eigenvalue weighted by molar-refractivity contribution is 0.414. The molecular formula is C16H16O. The van der Waals surface area contributed by atoms with Crippen molar-refractivity contribution in [1.82, 2.24) is 0 Å². The molecule has 0 amide bonds. The molecule has 0 aliphatic heterocycles. The summed E-state index contributed by atoms with van der Waals surface area (Å²) in [6, 6.07) is 16.5. The number of hydrogen-bond donors (Lipinski definition) is 0. The molecule has 1 nitrogen and oxygen atoms in total. The Hall–Kier alpha value is -2.02. The Morgan fingerprint density at radius 2 is 1.88 bits per heavy atom. The Balaban J connectivity index is 2.49. The van der Waals surface area contributed by atoms with Gasteiger partial charge in [-0.25, -0.2) is 0 Å². The fourth-order valence-corrected chi connectivity index (χ4v) is 1.92. The van der Waals surface area contributed by atoms with Crippen molar-refractivity contribution in [3.05, 3.63) is 66.7 Å². The molecule has 0 N–H and O–H groups in total. The van der Waals surface area contributed by atoms with Crippen LogP contribution in [0.5, 0.6) is 5.75 Å². The van der Waals surface area contributed by atoms with Crippen molar-refractivity contribution in [2.45, 2.75) is 6.42 Å². The SMILES string of the molecule is C=CCc1cc(OC)ccc1-c1ccccc1. The zero-order chi connectivity index (χ0) is 12.1. The Bertz CT molecular complexity index is 500. The molecule has 0 heterocycles. The van der Waals surface area contributed by atoms with Crippen molar-refractivity contribution in [2.75, 3.05) is 7.11 Å². The van der Waals surface area contributed by atoms with Gasteiger partial charge >= 0.3 is 0 Å². The van der Waals surface area contributed by atoms with Crippen LogP contribution in [0.1, 0.15) is 5.56 Å². The third kappa shape index (κ3) is 2.56. The largest absolute Gasteiger partial charge is 0.497 e. The predicted molar refractivity (Wildman–Crippen MR) is 72.3 cm³/mol. The highest BCUT2D eigenvalue weighted by atomic mass is 16.5. The van der Waals surface area contributed by atoms with Crippen LogP contribution in [0.3, 0.4) is 0 Å². The summed E-state index contributed by atoms with van der Waals surface area (Å²) in [5.74, 6) is 0.890. The molecule has 2 aromatic carbocycles. The lowest BCUT2D eigenvalue weighted by Crippen LogP contribution is -1.91. The first-order valence-corrected chi connectivity index (χ1v) is 5.68. The molecule has 2 rings (SSSR count). The van der Waals surface area contributed by atoms with Crippen LogP contribution in [0.4, 0.5) is 0 Å². The van der Waals surface area contributed by atoms with Gasteiger partial charge in [0.2, 0.25) is 0 Å². The van der Waals surface area contributed by atoms with Crippen LogP contribution in [0.25, 0.3) is 11.1 Å². The minimum Gasteiger partial charge on any atom is -0.497 e. The minimum absolute atomic E-state index is 0.849. The van der Waals surface area contributed by atoms with Crippen LogP contribution in [0, 0.1) is 0 Å². The summed E-state index contributed by atoms with van der Waals surface area (Å²) in [5, 5.41) is 0. The van der Waals surface area contributed by atoms with E-state index in [1.807, 2.05) is 18.2 Å². The highest BCUT2D eigenvalue weighted by Crippen LogP contribution is 2.27. The summed E-state index contributed by atoms with van der Waals surface area (Å²) in [6.45, 7) is 3.81. The Morgan fingerprint density at radius 3 is 2.53 bits per heavy atom. The summed E-state index contributed by atoms with van der Waals surface area (Å²) in [6.07, 6.45) is 2.77. The number of benzene rings is 2. The molecule has 0 atom stereocenters. The fraction of sp³-hybridized carbons (Fsp3) is 0.125. The van der Waals surface area contributed by atoms with Crippen molar-refractivity contribution in [1.29, 1.82) is 0 Å². The van der Waals surface area contributed by atoms with E-state index in [0.717, 1.165) is 12.2 Å². The minimum atomic E-state index is 0.849. The van der Waals surface area contributed by atoms with E-state index in [9.17, 15) is 0 Å². The van der Waals surface area contributed by atoms with Gasteiger partial charge in [0.1, 0.15) is 5.75 Å². The first-order chi connectivity index (χ1) is 8.35. The van der Waals surface area contributed by atoms with E-state index >= 15 is 0 Å². The van der Waals surface area contributed by atoms with Gasteiger partial charge in [-0.15, -0.1) is 6.58 Å². The van der Waals surface area contributed by atoms with Gasteiger partial charge in [0, 0.05) is 0 Å². The lowest BCUT2D eigenvalue weighted by Gasteiger charge is -2.10. The standard InChI is InChI=1S/C16H16O/c1-3-7-14-12-15(17-2)10-11-16(14)13-8-5-4-6-9-13/h3-6,8-12H,1,7H2,2H3. The smallest absolute Gasteiger partial charge is 0.119 e. The maximum atomic E-state index is 5.26. The summed E-state index contributed by atoms with van der Waals surface area (Å²) >= 11 is 0. The molecule has 0 bridgehead atoms. The summed E-state index contributed by atoms with van der Waals surface area (Å²) in [5.41, 5.74) is 3.71. The Kier molecular flexibility index (Phi) is 3.61. The molecule has 0 radical (unpaired) electrons. The zero-order valence-corrected chi connectivity index (χ0v) is 10.0. The normalized spacial score (nSPS) is 9.94.